The molecule has 0 spiro atoms. The Morgan fingerprint density at radius 2 is 1.55 bits per heavy atom. The molecule has 2 fully saturated rings. The van der Waals surface area contributed by atoms with Gasteiger partial charge in [0.05, 0.1) is 0 Å². The van der Waals surface area contributed by atoms with E-state index in [0.717, 1.165) is 72.5 Å². The molecule has 2 aromatic heterocycles. The highest BCUT2D eigenvalue weighted by Crippen LogP contribution is 2.35. The van der Waals surface area contributed by atoms with E-state index in [2.05, 4.69) is 66.0 Å². The number of piperazine rings is 1. The summed E-state index contributed by atoms with van der Waals surface area (Å²) in [5.74, 6) is 0.842. The van der Waals surface area contributed by atoms with E-state index in [1.807, 2.05) is 45.3 Å². The van der Waals surface area contributed by atoms with Crippen molar-refractivity contribution in [3.05, 3.63) is 66.0 Å². The second-order valence-corrected chi connectivity index (χ2v) is 13.4. The number of benzene rings is 2. The standard InChI is InChI=1S/C36H45N5O3/c1-24-19-27(20-25(2)33(24)40-17-15-39(6)16-18-40)28-21-31-32(23-38-34(31)37-22-28)26-7-9-29(10-8-26)43-30-11-13-41(14-12-30)35(42)44-36(3,4)5/h7-10,19-23,30H,11-18H2,1-6H3,(H,37,38). The van der Waals surface area contributed by atoms with Crippen molar-refractivity contribution in [1.82, 2.24) is 19.8 Å². The number of aromatic nitrogens is 2. The van der Waals surface area contributed by atoms with E-state index in [-0.39, 0.29) is 12.2 Å². The number of hydrogen-bond donors (Lipinski definition) is 1. The average Bonchev–Trinajstić information content (AvgIpc) is 3.41. The molecular weight excluding hydrogens is 550 g/mol. The number of fused-ring (bicyclic) bond motifs is 1. The molecule has 4 aromatic rings. The van der Waals surface area contributed by atoms with Crippen LogP contribution in [0.4, 0.5) is 10.5 Å². The van der Waals surface area contributed by atoms with Crippen molar-refractivity contribution in [2.24, 2.45) is 0 Å². The summed E-state index contributed by atoms with van der Waals surface area (Å²) in [5, 5.41) is 1.10. The molecule has 0 saturated carbocycles. The maximum atomic E-state index is 12.4. The van der Waals surface area contributed by atoms with Gasteiger partial charge in [-0.3, -0.25) is 0 Å². The number of hydrogen-bond acceptors (Lipinski definition) is 6. The molecule has 0 aliphatic carbocycles. The first-order valence-corrected chi connectivity index (χ1v) is 15.8. The number of rotatable bonds is 5. The molecule has 4 heterocycles. The molecule has 2 aromatic carbocycles. The van der Waals surface area contributed by atoms with E-state index in [1.165, 1.54) is 22.4 Å². The molecule has 1 amide bonds. The zero-order valence-electron chi connectivity index (χ0n) is 26.9. The third-order valence-electron chi connectivity index (χ3n) is 8.74. The Morgan fingerprint density at radius 1 is 0.886 bits per heavy atom. The Hall–Kier alpha value is -4.04. The predicted molar refractivity (Wildman–Crippen MR) is 178 cm³/mol. The first-order valence-electron chi connectivity index (χ1n) is 15.8. The number of nitrogens with one attached hydrogen (secondary N) is 1. The van der Waals surface area contributed by atoms with Gasteiger partial charge in [0.1, 0.15) is 23.1 Å². The van der Waals surface area contributed by atoms with Gasteiger partial charge in [-0.2, -0.15) is 0 Å². The van der Waals surface area contributed by atoms with E-state index < -0.39 is 5.60 Å². The van der Waals surface area contributed by atoms with Crippen LogP contribution in [0.1, 0.15) is 44.7 Å². The van der Waals surface area contributed by atoms with Crippen LogP contribution >= 0.6 is 0 Å². The minimum atomic E-state index is -0.483. The smallest absolute Gasteiger partial charge is 0.410 e. The fraction of sp³-hybridized carbons (Fsp3) is 0.444. The lowest BCUT2D eigenvalue weighted by atomic mass is 9.97. The number of amides is 1. The Labute approximate surface area is 261 Å². The van der Waals surface area contributed by atoms with Gasteiger partial charge in [-0.15, -0.1) is 0 Å². The molecular formula is C36H45N5O3. The number of H-pyrrole nitrogens is 1. The number of nitrogens with zero attached hydrogens (tertiary/aromatic N) is 4. The topological polar surface area (TPSA) is 73.9 Å². The summed E-state index contributed by atoms with van der Waals surface area (Å²) >= 11 is 0. The van der Waals surface area contributed by atoms with Crippen LogP contribution in [0.15, 0.2) is 54.9 Å². The third-order valence-corrected chi connectivity index (χ3v) is 8.74. The van der Waals surface area contributed by atoms with Crippen molar-refractivity contribution < 1.29 is 14.3 Å². The average molecular weight is 596 g/mol. The number of aromatic amines is 1. The molecule has 2 aliphatic rings. The van der Waals surface area contributed by atoms with E-state index in [9.17, 15) is 4.79 Å². The van der Waals surface area contributed by atoms with Gasteiger partial charge in [0.2, 0.25) is 0 Å². The Kier molecular flexibility index (Phi) is 8.29. The van der Waals surface area contributed by atoms with Crippen LogP contribution in [0.25, 0.3) is 33.3 Å². The van der Waals surface area contributed by atoms with Gasteiger partial charge < -0.3 is 29.2 Å². The molecule has 2 saturated heterocycles. The summed E-state index contributed by atoms with van der Waals surface area (Å²) < 4.78 is 11.8. The fourth-order valence-electron chi connectivity index (χ4n) is 6.44. The number of piperidine rings is 1. The van der Waals surface area contributed by atoms with Crippen LogP contribution in [0.2, 0.25) is 0 Å². The maximum Gasteiger partial charge on any atom is 0.410 e. The van der Waals surface area contributed by atoms with Crippen LogP contribution < -0.4 is 9.64 Å². The maximum absolute atomic E-state index is 12.4. The molecule has 0 radical (unpaired) electrons. The third kappa shape index (κ3) is 6.55. The summed E-state index contributed by atoms with van der Waals surface area (Å²) in [5.41, 5.74) is 8.93. The van der Waals surface area contributed by atoms with E-state index in [4.69, 9.17) is 14.5 Å². The highest BCUT2D eigenvalue weighted by molar-refractivity contribution is 5.96. The molecule has 6 rings (SSSR count). The van der Waals surface area contributed by atoms with Crippen molar-refractivity contribution in [3.8, 4) is 28.0 Å². The predicted octanol–water partition coefficient (Wildman–Crippen LogP) is 7.04. The van der Waals surface area contributed by atoms with E-state index in [1.54, 1.807) is 4.90 Å². The first kappa shape index (κ1) is 30.0. The molecule has 0 unspecified atom stereocenters. The highest BCUT2D eigenvalue weighted by atomic mass is 16.6. The number of ether oxygens (including phenoxy) is 2. The van der Waals surface area contributed by atoms with Crippen LogP contribution in [0, 0.1) is 13.8 Å². The number of aryl methyl sites for hydroxylation is 2. The summed E-state index contributed by atoms with van der Waals surface area (Å²) in [6.07, 6.45) is 5.41. The van der Waals surface area contributed by atoms with Gasteiger partial charge in [0.25, 0.3) is 0 Å². The first-order chi connectivity index (χ1) is 21.0. The number of anilines is 1. The molecule has 0 atom stereocenters. The highest BCUT2D eigenvalue weighted by Gasteiger charge is 2.27. The second kappa shape index (κ2) is 12.2. The molecule has 8 nitrogen and oxygen atoms in total. The van der Waals surface area contributed by atoms with Crippen LogP contribution in [-0.2, 0) is 4.74 Å². The number of carbonyl (C=O) groups is 1. The van der Waals surface area contributed by atoms with Crippen LogP contribution in [-0.4, -0.2) is 83.9 Å². The minimum absolute atomic E-state index is 0.0777. The monoisotopic (exact) mass is 595 g/mol. The lowest BCUT2D eigenvalue weighted by molar-refractivity contribution is 0.0126. The largest absolute Gasteiger partial charge is 0.490 e. The minimum Gasteiger partial charge on any atom is -0.490 e. The SMILES string of the molecule is Cc1cc(-c2cnc3[nH]cc(-c4ccc(OC5CCN(C(=O)OC(C)(C)C)CC5)cc4)c3c2)cc(C)c1N1CCN(C)CC1. The zero-order valence-corrected chi connectivity index (χ0v) is 26.9. The fourth-order valence-corrected chi connectivity index (χ4v) is 6.44. The Bertz CT molecular complexity index is 1600. The van der Waals surface area contributed by atoms with Crippen molar-refractivity contribution in [3.63, 3.8) is 0 Å². The van der Waals surface area contributed by atoms with Gasteiger partial charge in [-0.1, -0.05) is 12.1 Å². The molecule has 8 heteroatoms. The van der Waals surface area contributed by atoms with Gasteiger partial charge in [0, 0.05) is 86.7 Å². The normalized spacial score (nSPS) is 16.9. The quantitative estimate of drug-likeness (QED) is 0.267. The molecule has 1 N–H and O–H groups in total. The van der Waals surface area contributed by atoms with Gasteiger partial charge in [-0.05, 0) is 94.3 Å². The number of likely N-dealkylation sites (tertiary alicyclic amines) is 1. The van der Waals surface area contributed by atoms with Gasteiger partial charge in [0.15, 0.2) is 0 Å². The molecule has 2 aliphatic heterocycles. The number of pyridine rings is 1. The van der Waals surface area contributed by atoms with Crippen LogP contribution in [0.3, 0.4) is 0 Å². The van der Waals surface area contributed by atoms with Crippen molar-refractivity contribution in [2.75, 3.05) is 51.2 Å². The second-order valence-electron chi connectivity index (χ2n) is 13.4. The summed E-state index contributed by atoms with van der Waals surface area (Å²) in [6.45, 7) is 15.7. The molecule has 0 bridgehead atoms. The molecule has 44 heavy (non-hydrogen) atoms. The van der Waals surface area contributed by atoms with Crippen molar-refractivity contribution in [1.29, 1.82) is 0 Å². The Morgan fingerprint density at radius 3 is 2.18 bits per heavy atom. The van der Waals surface area contributed by atoms with Gasteiger partial charge in [-0.25, -0.2) is 9.78 Å². The number of likely N-dealkylation sites (N-methyl/N-ethyl adjacent to an activating group) is 1. The van der Waals surface area contributed by atoms with Crippen molar-refractivity contribution in [2.45, 2.75) is 59.2 Å². The van der Waals surface area contributed by atoms with Crippen LogP contribution in [0.5, 0.6) is 5.75 Å². The summed E-state index contributed by atoms with van der Waals surface area (Å²) in [7, 11) is 2.20. The lowest BCUT2D eigenvalue weighted by Crippen LogP contribution is -2.45. The van der Waals surface area contributed by atoms with E-state index in [0.29, 0.717) is 13.1 Å². The van der Waals surface area contributed by atoms with E-state index >= 15 is 0 Å². The summed E-state index contributed by atoms with van der Waals surface area (Å²) in [6, 6.07) is 15.2. The molecule has 232 valence electrons. The zero-order chi connectivity index (χ0) is 31.0. The summed E-state index contributed by atoms with van der Waals surface area (Å²) in [4.78, 5) is 27.2. The number of carbonyl (C=O) groups excluding carboxylic acids is 1. The lowest BCUT2D eigenvalue weighted by Gasteiger charge is -2.36. The van der Waals surface area contributed by atoms with Gasteiger partial charge >= 0.3 is 6.09 Å². The Balaban J connectivity index is 1.15. The van der Waals surface area contributed by atoms with Crippen molar-refractivity contribution >= 4 is 22.8 Å².